The molecule has 0 spiro atoms. The molecule has 0 radical (unpaired) electrons. The first-order valence-electron chi connectivity index (χ1n) is 8.65. The number of methoxy groups -OCH3 is 1. The summed E-state index contributed by atoms with van der Waals surface area (Å²) >= 11 is 0. The Bertz CT molecular complexity index is 1080. The van der Waals surface area contributed by atoms with Gasteiger partial charge in [-0.2, -0.15) is 10.4 Å². The number of nitrogens with one attached hydrogen (secondary N) is 1. The molecule has 1 amide bonds. The summed E-state index contributed by atoms with van der Waals surface area (Å²) in [5.74, 6) is 0.729. The number of hydrazone groups is 1. The fourth-order valence-corrected chi connectivity index (χ4v) is 2.83. The van der Waals surface area contributed by atoms with Crippen molar-refractivity contribution in [2.24, 2.45) is 5.10 Å². The number of rotatable bonds is 6. The average Bonchev–Trinajstić information content (AvgIpc) is 2.75. The third-order valence-corrected chi connectivity index (χ3v) is 4.21. The second-order valence-electron chi connectivity index (χ2n) is 5.99. The maximum Gasteiger partial charge on any atom is 0.277 e. The first-order valence-corrected chi connectivity index (χ1v) is 8.65. The lowest BCUT2D eigenvalue weighted by Gasteiger charge is -2.11. The lowest BCUT2D eigenvalue weighted by atomic mass is 10.0. The summed E-state index contributed by atoms with van der Waals surface area (Å²) in [6.45, 7) is 1.58. The molecule has 0 aliphatic carbocycles. The number of ether oxygens (including phenoxy) is 2. The van der Waals surface area contributed by atoms with Crippen molar-refractivity contribution in [2.45, 2.75) is 6.92 Å². The van der Waals surface area contributed by atoms with Crippen LogP contribution in [0.5, 0.6) is 11.5 Å². The van der Waals surface area contributed by atoms with E-state index in [-0.39, 0.29) is 6.61 Å². The fraction of sp³-hybridized carbons (Fsp3) is 0.136. The molecule has 0 aliphatic rings. The van der Waals surface area contributed by atoms with Crippen LogP contribution in [0.15, 0.2) is 65.8 Å². The Morgan fingerprint density at radius 3 is 2.50 bits per heavy atom. The zero-order chi connectivity index (χ0) is 19.9. The highest BCUT2D eigenvalue weighted by Gasteiger charge is 2.10. The molecule has 0 saturated heterocycles. The predicted octanol–water partition coefficient (Wildman–Crippen LogP) is 3.64. The molecule has 0 aromatic heterocycles. The van der Waals surface area contributed by atoms with Crippen LogP contribution in [0.3, 0.4) is 0 Å². The Morgan fingerprint density at radius 1 is 1.04 bits per heavy atom. The van der Waals surface area contributed by atoms with Crippen molar-refractivity contribution in [3.05, 3.63) is 71.8 Å². The molecular weight excluding hydrogens is 354 g/mol. The molecule has 0 fully saturated rings. The smallest absolute Gasteiger partial charge is 0.277 e. The van der Waals surface area contributed by atoms with Gasteiger partial charge in [-0.05, 0) is 36.6 Å². The van der Waals surface area contributed by atoms with E-state index in [2.05, 4.69) is 10.5 Å². The molecule has 0 aliphatic heterocycles. The molecule has 0 atom stereocenters. The molecule has 3 rings (SSSR count). The number of fused-ring (bicyclic) bond motifs is 1. The molecule has 6 heteroatoms. The second kappa shape index (κ2) is 8.69. The van der Waals surface area contributed by atoms with Crippen molar-refractivity contribution in [3.63, 3.8) is 0 Å². The van der Waals surface area contributed by atoms with Crippen LogP contribution in [0.4, 0.5) is 0 Å². The first kappa shape index (κ1) is 18.9. The van der Waals surface area contributed by atoms with Gasteiger partial charge in [0.15, 0.2) is 6.61 Å². The third kappa shape index (κ3) is 4.10. The highest BCUT2D eigenvalue weighted by molar-refractivity contribution is 6.11. The van der Waals surface area contributed by atoms with Crippen LogP contribution in [0.1, 0.15) is 18.1 Å². The maximum atomic E-state index is 12.1. The highest BCUT2D eigenvalue weighted by Crippen LogP contribution is 2.28. The molecular formula is C22H19N3O3. The normalized spacial score (nSPS) is 11.0. The number of carbonyl (C=O) groups is 1. The third-order valence-electron chi connectivity index (χ3n) is 4.21. The lowest BCUT2D eigenvalue weighted by molar-refractivity contribution is -0.123. The van der Waals surface area contributed by atoms with Crippen LogP contribution < -0.4 is 14.9 Å². The van der Waals surface area contributed by atoms with E-state index in [0.29, 0.717) is 17.0 Å². The summed E-state index contributed by atoms with van der Waals surface area (Å²) in [6, 6.07) is 20.4. The van der Waals surface area contributed by atoms with E-state index in [1.807, 2.05) is 49.4 Å². The number of carbonyl (C=O) groups excluding carboxylic acids is 1. The molecule has 1 N–H and O–H groups in total. The summed E-state index contributed by atoms with van der Waals surface area (Å²) in [5.41, 5.74) is 4.42. The van der Waals surface area contributed by atoms with Gasteiger partial charge in [0.1, 0.15) is 17.6 Å². The van der Waals surface area contributed by atoms with Crippen molar-refractivity contribution in [1.29, 1.82) is 5.26 Å². The van der Waals surface area contributed by atoms with E-state index in [1.165, 1.54) is 0 Å². The van der Waals surface area contributed by atoms with E-state index in [0.717, 1.165) is 22.1 Å². The molecule has 0 heterocycles. The van der Waals surface area contributed by atoms with Gasteiger partial charge in [0, 0.05) is 10.9 Å². The van der Waals surface area contributed by atoms with Crippen LogP contribution in [-0.2, 0) is 4.79 Å². The molecule has 140 valence electrons. The highest BCUT2D eigenvalue weighted by atomic mass is 16.5. The number of benzene rings is 3. The van der Waals surface area contributed by atoms with Crippen molar-refractivity contribution in [2.75, 3.05) is 13.7 Å². The Kier molecular flexibility index (Phi) is 5.87. The topological polar surface area (TPSA) is 83.7 Å². The summed E-state index contributed by atoms with van der Waals surface area (Å²) in [7, 11) is 1.63. The van der Waals surface area contributed by atoms with E-state index in [4.69, 9.17) is 14.7 Å². The molecule has 0 unspecified atom stereocenters. The monoisotopic (exact) mass is 373 g/mol. The largest absolute Gasteiger partial charge is 0.496 e. The molecule has 3 aromatic rings. The van der Waals surface area contributed by atoms with Gasteiger partial charge in [0.25, 0.3) is 5.91 Å². The number of nitrogens with zero attached hydrogens (tertiary/aromatic N) is 2. The van der Waals surface area contributed by atoms with E-state index in [9.17, 15) is 4.79 Å². The molecule has 6 nitrogen and oxygen atoms in total. The maximum absolute atomic E-state index is 12.1. The number of amides is 1. The van der Waals surface area contributed by atoms with Crippen molar-refractivity contribution < 1.29 is 14.3 Å². The summed E-state index contributed by atoms with van der Waals surface area (Å²) in [5, 5.41) is 15.2. The number of hydrogen-bond acceptors (Lipinski definition) is 5. The minimum Gasteiger partial charge on any atom is -0.496 e. The summed E-state index contributed by atoms with van der Waals surface area (Å²) in [6.07, 6.45) is 0. The Balaban J connectivity index is 1.72. The van der Waals surface area contributed by atoms with Crippen molar-refractivity contribution >= 4 is 22.4 Å². The van der Waals surface area contributed by atoms with Gasteiger partial charge in [0.2, 0.25) is 0 Å². The van der Waals surface area contributed by atoms with E-state index < -0.39 is 5.91 Å². The number of hydrogen-bond donors (Lipinski definition) is 1. The predicted molar refractivity (Wildman–Crippen MR) is 108 cm³/mol. The molecule has 0 bridgehead atoms. The van der Waals surface area contributed by atoms with Gasteiger partial charge in [-0.1, -0.05) is 36.4 Å². The lowest BCUT2D eigenvalue weighted by Crippen LogP contribution is -2.25. The second-order valence-corrected chi connectivity index (χ2v) is 5.99. The van der Waals surface area contributed by atoms with Gasteiger partial charge in [-0.15, -0.1) is 0 Å². The van der Waals surface area contributed by atoms with Crippen LogP contribution in [0.2, 0.25) is 0 Å². The van der Waals surface area contributed by atoms with Crippen LogP contribution in [-0.4, -0.2) is 25.3 Å². The van der Waals surface area contributed by atoms with Gasteiger partial charge in [0.05, 0.1) is 18.4 Å². The summed E-state index contributed by atoms with van der Waals surface area (Å²) in [4.78, 5) is 12.1. The van der Waals surface area contributed by atoms with Gasteiger partial charge < -0.3 is 9.47 Å². The Labute approximate surface area is 163 Å². The van der Waals surface area contributed by atoms with E-state index in [1.54, 1.807) is 31.4 Å². The van der Waals surface area contributed by atoms with Gasteiger partial charge in [-0.3, -0.25) is 4.79 Å². The van der Waals surface area contributed by atoms with Crippen molar-refractivity contribution in [1.82, 2.24) is 5.43 Å². The van der Waals surface area contributed by atoms with Gasteiger partial charge in [-0.25, -0.2) is 5.43 Å². The Morgan fingerprint density at radius 2 is 1.75 bits per heavy atom. The fourth-order valence-electron chi connectivity index (χ4n) is 2.83. The van der Waals surface area contributed by atoms with Crippen LogP contribution in [0.25, 0.3) is 10.8 Å². The molecule has 0 saturated carbocycles. The molecule has 3 aromatic carbocycles. The van der Waals surface area contributed by atoms with Crippen LogP contribution in [0, 0.1) is 11.3 Å². The average molecular weight is 373 g/mol. The summed E-state index contributed by atoms with van der Waals surface area (Å²) < 4.78 is 10.8. The van der Waals surface area contributed by atoms with Crippen LogP contribution >= 0.6 is 0 Å². The quantitative estimate of drug-likeness (QED) is 0.528. The number of nitriles is 1. The standard InChI is InChI=1S/C22H19N3O3/c1-15(17-11-12-21(27-2)19-9-5-4-8-18(17)19)24-25-22(26)14-28-20-10-6-3-7-16(20)13-23/h3-12H,14H2,1-2H3,(H,25,26)/b24-15-. The van der Waals surface area contributed by atoms with Gasteiger partial charge >= 0.3 is 0 Å². The molecule has 28 heavy (non-hydrogen) atoms. The zero-order valence-electron chi connectivity index (χ0n) is 15.6. The minimum atomic E-state index is -0.412. The first-order chi connectivity index (χ1) is 13.6. The van der Waals surface area contributed by atoms with Crippen molar-refractivity contribution in [3.8, 4) is 17.6 Å². The minimum absolute atomic E-state index is 0.237. The van der Waals surface area contributed by atoms with E-state index >= 15 is 0 Å². The zero-order valence-corrected chi connectivity index (χ0v) is 15.6. The number of para-hydroxylation sites is 1. The Hall–Kier alpha value is -3.85. The SMILES string of the molecule is COc1ccc(/C(C)=N\NC(=O)COc2ccccc2C#N)c2ccccc12.